The van der Waals surface area contributed by atoms with Crippen molar-refractivity contribution in [1.82, 2.24) is 9.55 Å². The first-order valence-corrected chi connectivity index (χ1v) is 11.4. The number of benzene rings is 3. The van der Waals surface area contributed by atoms with Crippen LogP contribution in [-0.2, 0) is 6.54 Å². The molecule has 0 fully saturated rings. The summed E-state index contributed by atoms with van der Waals surface area (Å²) in [5, 5.41) is 0.737. The Morgan fingerprint density at radius 1 is 0.969 bits per heavy atom. The Kier molecular flexibility index (Phi) is 6.71. The molecular formula is C27H29ClN2O2. The fraction of sp³-hybridized carbons (Fsp3) is 0.296. The number of aromatic nitrogens is 2. The molecule has 3 aromatic carbocycles. The molecule has 4 rings (SSSR count). The smallest absolute Gasteiger partial charge is 0.153 e. The normalized spacial score (nSPS) is 12.2. The molecule has 166 valence electrons. The van der Waals surface area contributed by atoms with E-state index < -0.39 is 0 Å². The molecule has 0 aliphatic carbocycles. The van der Waals surface area contributed by atoms with E-state index in [1.54, 1.807) is 0 Å². The third-order valence-corrected chi connectivity index (χ3v) is 6.25. The van der Waals surface area contributed by atoms with Gasteiger partial charge in [0.25, 0.3) is 0 Å². The van der Waals surface area contributed by atoms with Crippen molar-refractivity contribution in [2.24, 2.45) is 0 Å². The fourth-order valence-corrected chi connectivity index (χ4v) is 3.99. The predicted octanol–water partition coefficient (Wildman–Crippen LogP) is 7.22. The lowest BCUT2D eigenvalue weighted by Crippen LogP contribution is -2.14. The Bertz CT molecular complexity index is 1230. The Morgan fingerprint density at radius 2 is 1.78 bits per heavy atom. The van der Waals surface area contributed by atoms with Crippen molar-refractivity contribution in [2.45, 2.75) is 46.8 Å². The molecule has 4 aromatic rings. The molecule has 0 aliphatic rings. The molecule has 0 saturated carbocycles. The summed E-state index contributed by atoms with van der Waals surface area (Å²) in [7, 11) is 0. The van der Waals surface area contributed by atoms with E-state index in [0.717, 1.165) is 51.9 Å². The van der Waals surface area contributed by atoms with E-state index in [4.69, 9.17) is 26.1 Å². The molecule has 0 radical (unpaired) electrons. The van der Waals surface area contributed by atoms with Gasteiger partial charge < -0.3 is 14.0 Å². The van der Waals surface area contributed by atoms with Crippen LogP contribution in [0, 0.1) is 20.8 Å². The van der Waals surface area contributed by atoms with Gasteiger partial charge in [0.05, 0.1) is 17.6 Å². The molecule has 4 nitrogen and oxygen atoms in total. The van der Waals surface area contributed by atoms with Crippen LogP contribution in [0.1, 0.15) is 42.0 Å². The van der Waals surface area contributed by atoms with Crippen molar-refractivity contribution in [1.29, 1.82) is 0 Å². The first-order chi connectivity index (χ1) is 15.4. The SMILES string of the molecule is Cc1cc(OC(C)c2nc3ccccc3n2CCCOc2cccc(C)c2C)ccc1Cl. The lowest BCUT2D eigenvalue weighted by Gasteiger charge is -2.18. The number of hydrogen-bond acceptors (Lipinski definition) is 3. The fourth-order valence-electron chi connectivity index (χ4n) is 3.87. The van der Waals surface area contributed by atoms with Gasteiger partial charge in [-0.1, -0.05) is 35.9 Å². The maximum absolute atomic E-state index is 6.24. The zero-order chi connectivity index (χ0) is 22.7. The summed E-state index contributed by atoms with van der Waals surface area (Å²) in [6, 6.07) is 20.1. The largest absolute Gasteiger partial charge is 0.493 e. The van der Waals surface area contributed by atoms with E-state index in [1.807, 2.05) is 62.4 Å². The molecule has 0 saturated heterocycles. The number of hydrogen-bond donors (Lipinski definition) is 0. The van der Waals surface area contributed by atoms with Gasteiger partial charge in [0.1, 0.15) is 11.5 Å². The average Bonchev–Trinajstić information content (AvgIpc) is 3.15. The number of fused-ring (bicyclic) bond motifs is 1. The van der Waals surface area contributed by atoms with Crippen molar-refractivity contribution in [3.05, 3.63) is 88.2 Å². The van der Waals surface area contributed by atoms with Crippen LogP contribution in [0.5, 0.6) is 11.5 Å². The van der Waals surface area contributed by atoms with Gasteiger partial charge in [-0.25, -0.2) is 4.98 Å². The Balaban J connectivity index is 1.50. The van der Waals surface area contributed by atoms with Crippen molar-refractivity contribution in [3.8, 4) is 11.5 Å². The highest BCUT2D eigenvalue weighted by molar-refractivity contribution is 6.31. The summed E-state index contributed by atoms with van der Waals surface area (Å²) in [5.41, 5.74) is 5.52. The molecule has 32 heavy (non-hydrogen) atoms. The lowest BCUT2D eigenvalue weighted by atomic mass is 10.1. The van der Waals surface area contributed by atoms with Gasteiger partial charge in [-0.05, 0) is 87.2 Å². The van der Waals surface area contributed by atoms with Crippen LogP contribution in [-0.4, -0.2) is 16.2 Å². The number of imidazole rings is 1. The molecule has 1 atom stereocenters. The van der Waals surface area contributed by atoms with Crippen molar-refractivity contribution >= 4 is 22.6 Å². The van der Waals surface area contributed by atoms with Gasteiger partial charge in [-0.3, -0.25) is 0 Å². The summed E-state index contributed by atoms with van der Waals surface area (Å²) in [5.74, 6) is 2.65. The minimum Gasteiger partial charge on any atom is -0.493 e. The molecular weight excluding hydrogens is 420 g/mol. The highest BCUT2D eigenvalue weighted by Crippen LogP contribution is 2.28. The van der Waals surface area contributed by atoms with Crippen LogP contribution in [0.25, 0.3) is 11.0 Å². The Hall–Kier alpha value is -2.98. The van der Waals surface area contributed by atoms with E-state index in [1.165, 1.54) is 11.1 Å². The second kappa shape index (κ2) is 9.66. The lowest BCUT2D eigenvalue weighted by molar-refractivity contribution is 0.209. The van der Waals surface area contributed by atoms with Crippen LogP contribution in [0.15, 0.2) is 60.7 Å². The van der Waals surface area contributed by atoms with Gasteiger partial charge >= 0.3 is 0 Å². The van der Waals surface area contributed by atoms with Crippen molar-refractivity contribution < 1.29 is 9.47 Å². The van der Waals surface area contributed by atoms with Gasteiger partial charge in [-0.15, -0.1) is 0 Å². The van der Waals surface area contributed by atoms with E-state index in [9.17, 15) is 0 Å². The molecule has 1 heterocycles. The first-order valence-electron chi connectivity index (χ1n) is 11.0. The van der Waals surface area contributed by atoms with Crippen LogP contribution in [0.4, 0.5) is 0 Å². The Morgan fingerprint density at radius 3 is 2.59 bits per heavy atom. The van der Waals surface area contributed by atoms with E-state index in [-0.39, 0.29) is 6.10 Å². The zero-order valence-electron chi connectivity index (χ0n) is 19.1. The van der Waals surface area contributed by atoms with Crippen LogP contribution < -0.4 is 9.47 Å². The van der Waals surface area contributed by atoms with E-state index >= 15 is 0 Å². The summed E-state index contributed by atoms with van der Waals surface area (Å²) in [4.78, 5) is 4.88. The third kappa shape index (κ3) is 4.76. The molecule has 1 aromatic heterocycles. The summed E-state index contributed by atoms with van der Waals surface area (Å²) in [6.07, 6.45) is 0.663. The van der Waals surface area contributed by atoms with Gasteiger partial charge in [0.15, 0.2) is 11.9 Å². The number of para-hydroxylation sites is 2. The maximum Gasteiger partial charge on any atom is 0.153 e. The highest BCUT2D eigenvalue weighted by atomic mass is 35.5. The van der Waals surface area contributed by atoms with Gasteiger partial charge in [0, 0.05) is 11.6 Å². The van der Waals surface area contributed by atoms with E-state index in [0.29, 0.717) is 6.61 Å². The summed E-state index contributed by atoms with van der Waals surface area (Å²) < 4.78 is 14.6. The summed E-state index contributed by atoms with van der Waals surface area (Å²) >= 11 is 6.16. The predicted molar refractivity (Wildman–Crippen MR) is 131 cm³/mol. The van der Waals surface area contributed by atoms with Crippen LogP contribution in [0.3, 0.4) is 0 Å². The van der Waals surface area contributed by atoms with Crippen LogP contribution >= 0.6 is 11.6 Å². The minimum absolute atomic E-state index is 0.206. The zero-order valence-corrected chi connectivity index (χ0v) is 19.8. The second-order valence-electron chi connectivity index (χ2n) is 8.18. The number of nitrogens with zero attached hydrogens (tertiary/aromatic N) is 2. The molecule has 0 bridgehead atoms. The average molecular weight is 449 g/mol. The molecule has 0 amide bonds. The monoisotopic (exact) mass is 448 g/mol. The molecule has 0 spiro atoms. The van der Waals surface area contributed by atoms with Gasteiger partial charge in [-0.2, -0.15) is 0 Å². The number of aryl methyl sites for hydroxylation is 3. The van der Waals surface area contributed by atoms with Crippen LogP contribution in [0.2, 0.25) is 5.02 Å². The van der Waals surface area contributed by atoms with Crippen molar-refractivity contribution in [2.75, 3.05) is 6.61 Å². The van der Waals surface area contributed by atoms with Crippen molar-refractivity contribution in [3.63, 3.8) is 0 Å². The molecule has 0 aliphatic heterocycles. The second-order valence-corrected chi connectivity index (χ2v) is 8.59. The standard InChI is InChI=1S/C27H29ClN2O2/c1-18-9-7-12-26(20(18)3)31-16-8-15-30-25-11-6-5-10-24(25)29-27(30)21(4)32-22-13-14-23(28)19(2)17-22/h5-7,9-14,17,21H,8,15-16H2,1-4H3. The highest BCUT2D eigenvalue weighted by Gasteiger charge is 2.18. The molecule has 5 heteroatoms. The quantitative estimate of drug-likeness (QED) is 0.267. The molecule has 0 N–H and O–H groups in total. The van der Waals surface area contributed by atoms with Gasteiger partial charge in [0.2, 0.25) is 0 Å². The number of ether oxygens (including phenoxy) is 2. The first kappa shape index (κ1) is 22.2. The van der Waals surface area contributed by atoms with E-state index in [2.05, 4.69) is 30.5 Å². The number of rotatable bonds is 8. The topological polar surface area (TPSA) is 36.3 Å². The minimum atomic E-state index is -0.206. The number of halogens is 1. The summed E-state index contributed by atoms with van der Waals surface area (Å²) in [6.45, 7) is 9.66. The maximum atomic E-state index is 6.24. The molecule has 1 unspecified atom stereocenters. The third-order valence-electron chi connectivity index (χ3n) is 5.83. The Labute approximate surface area is 194 Å².